The summed E-state index contributed by atoms with van der Waals surface area (Å²) in [6, 6.07) is 1.85. The first-order valence-electron chi connectivity index (χ1n) is 5.08. The average molecular weight is 192 g/mol. The van der Waals surface area contributed by atoms with Crippen LogP contribution < -0.4 is 10.6 Å². The molecule has 1 saturated heterocycles. The first kappa shape index (κ1) is 9.24. The lowest BCUT2D eigenvalue weighted by molar-refractivity contribution is 0.444. The lowest BCUT2D eigenvalue weighted by atomic mass is 10.0. The molecule has 0 bridgehead atoms. The van der Waals surface area contributed by atoms with E-state index in [4.69, 9.17) is 5.73 Å². The van der Waals surface area contributed by atoms with Gasteiger partial charge in [0.2, 0.25) is 0 Å². The van der Waals surface area contributed by atoms with Gasteiger partial charge in [-0.05, 0) is 18.8 Å². The fourth-order valence-electron chi connectivity index (χ4n) is 1.93. The second kappa shape index (κ2) is 3.82. The van der Waals surface area contributed by atoms with Gasteiger partial charge < -0.3 is 10.6 Å². The number of hydrogen-bond acceptors (Lipinski definition) is 4. The summed E-state index contributed by atoms with van der Waals surface area (Å²) in [5.41, 5.74) is 5.62. The zero-order valence-corrected chi connectivity index (χ0v) is 8.48. The predicted octanol–water partition coefficient (Wildman–Crippen LogP) is 1.30. The summed E-state index contributed by atoms with van der Waals surface area (Å²) < 4.78 is 0. The number of anilines is 2. The van der Waals surface area contributed by atoms with Crippen molar-refractivity contribution in [3.63, 3.8) is 0 Å². The smallest absolute Gasteiger partial charge is 0.134 e. The first-order valence-corrected chi connectivity index (χ1v) is 5.08. The van der Waals surface area contributed by atoms with Crippen LogP contribution in [-0.4, -0.2) is 23.1 Å². The Morgan fingerprint density at radius 3 is 3.07 bits per heavy atom. The molecule has 2 N–H and O–H groups in total. The normalized spacial score (nSPS) is 22.4. The summed E-state index contributed by atoms with van der Waals surface area (Å²) in [4.78, 5) is 10.4. The molecule has 4 nitrogen and oxygen atoms in total. The monoisotopic (exact) mass is 192 g/mol. The second-order valence-corrected chi connectivity index (χ2v) is 3.99. The number of hydrogen-bond donors (Lipinski definition) is 1. The van der Waals surface area contributed by atoms with Crippen molar-refractivity contribution in [2.45, 2.75) is 19.8 Å². The molecule has 0 saturated carbocycles. The molecule has 1 aromatic heterocycles. The van der Waals surface area contributed by atoms with Gasteiger partial charge in [0.1, 0.15) is 18.0 Å². The van der Waals surface area contributed by atoms with Crippen LogP contribution in [0.4, 0.5) is 11.6 Å². The van der Waals surface area contributed by atoms with E-state index < -0.39 is 0 Å². The maximum Gasteiger partial charge on any atom is 0.134 e. The molecule has 14 heavy (non-hydrogen) atoms. The molecule has 1 unspecified atom stereocenters. The van der Waals surface area contributed by atoms with Gasteiger partial charge in [-0.3, -0.25) is 0 Å². The second-order valence-electron chi connectivity index (χ2n) is 3.99. The number of piperidine rings is 1. The van der Waals surface area contributed by atoms with Gasteiger partial charge in [0, 0.05) is 19.2 Å². The molecule has 0 radical (unpaired) electrons. The standard InChI is InChI=1S/C10H16N4/c1-8-3-2-4-14(6-8)10-5-9(11)12-7-13-10/h5,7-8H,2-4,6H2,1H3,(H2,11,12,13). The van der Waals surface area contributed by atoms with Crippen LogP contribution in [0.25, 0.3) is 0 Å². The molecule has 2 rings (SSSR count). The van der Waals surface area contributed by atoms with E-state index >= 15 is 0 Å². The summed E-state index contributed by atoms with van der Waals surface area (Å²) in [5, 5.41) is 0. The maximum atomic E-state index is 5.62. The lowest BCUT2D eigenvalue weighted by Crippen LogP contribution is -2.34. The van der Waals surface area contributed by atoms with Gasteiger partial charge in [0.25, 0.3) is 0 Å². The molecule has 1 atom stereocenters. The summed E-state index contributed by atoms with van der Waals surface area (Å²) in [7, 11) is 0. The molecule has 76 valence electrons. The van der Waals surface area contributed by atoms with E-state index in [1.54, 1.807) is 0 Å². The summed E-state index contributed by atoms with van der Waals surface area (Å²) >= 11 is 0. The molecule has 0 aromatic carbocycles. The Hall–Kier alpha value is -1.32. The van der Waals surface area contributed by atoms with Crippen LogP contribution in [0.5, 0.6) is 0 Å². The fourth-order valence-corrected chi connectivity index (χ4v) is 1.93. The molecular formula is C10H16N4. The Bertz CT molecular complexity index is 313. The van der Waals surface area contributed by atoms with Crippen molar-refractivity contribution in [1.82, 2.24) is 9.97 Å². The summed E-state index contributed by atoms with van der Waals surface area (Å²) in [6.45, 7) is 4.44. The van der Waals surface area contributed by atoms with Crippen molar-refractivity contribution >= 4 is 11.6 Å². The van der Waals surface area contributed by atoms with Crippen molar-refractivity contribution in [2.75, 3.05) is 23.7 Å². The molecule has 1 fully saturated rings. The van der Waals surface area contributed by atoms with Crippen LogP contribution >= 0.6 is 0 Å². The molecule has 0 spiro atoms. The van der Waals surface area contributed by atoms with Crippen LogP contribution in [0.15, 0.2) is 12.4 Å². The number of aromatic nitrogens is 2. The Labute approximate surface area is 84.2 Å². The highest BCUT2D eigenvalue weighted by atomic mass is 15.2. The fraction of sp³-hybridized carbons (Fsp3) is 0.600. The number of nitrogen functional groups attached to an aromatic ring is 1. The topological polar surface area (TPSA) is 55.0 Å². The van der Waals surface area contributed by atoms with Gasteiger partial charge in [-0.2, -0.15) is 0 Å². The highest BCUT2D eigenvalue weighted by Gasteiger charge is 2.17. The molecule has 2 heterocycles. The quantitative estimate of drug-likeness (QED) is 0.728. The largest absolute Gasteiger partial charge is 0.384 e. The molecule has 1 aliphatic heterocycles. The van der Waals surface area contributed by atoms with Gasteiger partial charge in [-0.25, -0.2) is 9.97 Å². The van der Waals surface area contributed by atoms with E-state index in [2.05, 4.69) is 21.8 Å². The molecule has 1 aromatic rings. The van der Waals surface area contributed by atoms with E-state index in [0.29, 0.717) is 5.82 Å². The van der Waals surface area contributed by atoms with Gasteiger partial charge in [-0.1, -0.05) is 6.92 Å². The summed E-state index contributed by atoms with van der Waals surface area (Å²) in [6.07, 6.45) is 4.09. The SMILES string of the molecule is CC1CCCN(c2cc(N)ncn2)C1. The minimum atomic E-state index is 0.549. The Balaban J connectivity index is 2.14. The van der Waals surface area contributed by atoms with Crippen LogP contribution in [0, 0.1) is 5.92 Å². The summed E-state index contributed by atoms with van der Waals surface area (Å²) in [5.74, 6) is 2.26. The third kappa shape index (κ3) is 1.95. The molecular weight excluding hydrogens is 176 g/mol. The Morgan fingerprint density at radius 2 is 2.36 bits per heavy atom. The molecule has 0 amide bonds. The third-order valence-electron chi connectivity index (χ3n) is 2.65. The number of nitrogens with two attached hydrogens (primary N) is 1. The van der Waals surface area contributed by atoms with E-state index in [0.717, 1.165) is 24.8 Å². The zero-order chi connectivity index (χ0) is 9.97. The maximum absolute atomic E-state index is 5.62. The van der Waals surface area contributed by atoms with Gasteiger partial charge >= 0.3 is 0 Å². The van der Waals surface area contributed by atoms with Gasteiger partial charge in [0.15, 0.2) is 0 Å². The van der Waals surface area contributed by atoms with Crippen LogP contribution in [-0.2, 0) is 0 Å². The van der Waals surface area contributed by atoms with Crippen molar-refractivity contribution in [3.05, 3.63) is 12.4 Å². The minimum Gasteiger partial charge on any atom is -0.384 e. The number of nitrogens with zero attached hydrogens (tertiary/aromatic N) is 3. The average Bonchev–Trinajstić information content (AvgIpc) is 2.18. The van der Waals surface area contributed by atoms with Gasteiger partial charge in [0.05, 0.1) is 0 Å². The van der Waals surface area contributed by atoms with E-state index in [1.807, 2.05) is 6.07 Å². The molecule has 0 aliphatic carbocycles. The highest BCUT2D eigenvalue weighted by molar-refractivity contribution is 5.46. The van der Waals surface area contributed by atoms with Crippen molar-refractivity contribution in [3.8, 4) is 0 Å². The zero-order valence-electron chi connectivity index (χ0n) is 8.48. The van der Waals surface area contributed by atoms with Crippen LogP contribution in [0.2, 0.25) is 0 Å². The van der Waals surface area contributed by atoms with E-state index in [1.165, 1.54) is 19.2 Å². The molecule has 1 aliphatic rings. The van der Waals surface area contributed by atoms with Crippen molar-refractivity contribution < 1.29 is 0 Å². The van der Waals surface area contributed by atoms with Gasteiger partial charge in [-0.15, -0.1) is 0 Å². The van der Waals surface area contributed by atoms with Crippen molar-refractivity contribution in [2.24, 2.45) is 5.92 Å². The van der Waals surface area contributed by atoms with Crippen LogP contribution in [0.3, 0.4) is 0 Å². The predicted molar refractivity (Wildman–Crippen MR) is 57.1 cm³/mol. The minimum absolute atomic E-state index is 0.549. The van der Waals surface area contributed by atoms with Crippen molar-refractivity contribution in [1.29, 1.82) is 0 Å². The Kier molecular flexibility index (Phi) is 2.52. The van der Waals surface area contributed by atoms with E-state index in [9.17, 15) is 0 Å². The van der Waals surface area contributed by atoms with Crippen LogP contribution in [0.1, 0.15) is 19.8 Å². The Morgan fingerprint density at radius 1 is 1.50 bits per heavy atom. The third-order valence-corrected chi connectivity index (χ3v) is 2.65. The van der Waals surface area contributed by atoms with E-state index in [-0.39, 0.29) is 0 Å². The molecule has 4 heteroatoms. The lowest BCUT2D eigenvalue weighted by Gasteiger charge is -2.31. The first-order chi connectivity index (χ1) is 6.75. The highest BCUT2D eigenvalue weighted by Crippen LogP contribution is 2.21. The number of rotatable bonds is 1.